The maximum atomic E-state index is 12.8. The Morgan fingerprint density at radius 2 is 1.62 bits per heavy atom. The van der Waals surface area contributed by atoms with Crippen molar-refractivity contribution in [3.8, 4) is 0 Å². The minimum absolute atomic E-state index is 0.122. The molecule has 0 spiro atoms. The van der Waals surface area contributed by atoms with E-state index in [1.54, 1.807) is 24.3 Å². The molecule has 0 bridgehead atoms. The summed E-state index contributed by atoms with van der Waals surface area (Å²) >= 11 is 5.98. The van der Waals surface area contributed by atoms with E-state index in [0.717, 1.165) is 16.7 Å². The molecule has 0 amide bonds. The second-order valence-electron chi connectivity index (χ2n) is 6.21. The highest BCUT2D eigenvalue weighted by Gasteiger charge is 2.22. The van der Waals surface area contributed by atoms with Gasteiger partial charge in [0.25, 0.3) is 0 Å². The highest BCUT2D eigenvalue weighted by molar-refractivity contribution is 7.88. The van der Waals surface area contributed by atoms with Crippen molar-refractivity contribution in [2.24, 2.45) is 0 Å². The number of benzene rings is 3. The van der Waals surface area contributed by atoms with Gasteiger partial charge in [-0.2, -0.15) is 0 Å². The molecule has 0 aliphatic carbocycles. The molecule has 0 aliphatic heterocycles. The summed E-state index contributed by atoms with van der Waals surface area (Å²) in [5.74, 6) is -0.122. The number of aryl methyl sites for hydroxylation is 1. The van der Waals surface area contributed by atoms with Gasteiger partial charge < -0.3 is 0 Å². The van der Waals surface area contributed by atoms with E-state index in [0.29, 0.717) is 10.6 Å². The van der Waals surface area contributed by atoms with Gasteiger partial charge in [0, 0.05) is 5.02 Å². The van der Waals surface area contributed by atoms with Gasteiger partial charge >= 0.3 is 0 Å². The highest BCUT2D eigenvalue weighted by atomic mass is 35.5. The van der Waals surface area contributed by atoms with Gasteiger partial charge in [0.05, 0.1) is 11.8 Å². The van der Waals surface area contributed by atoms with Crippen LogP contribution in [0, 0.1) is 6.92 Å². The van der Waals surface area contributed by atoms with Crippen LogP contribution < -0.4 is 4.72 Å². The number of rotatable bonds is 6. The van der Waals surface area contributed by atoms with E-state index in [-0.39, 0.29) is 5.75 Å². The fourth-order valence-corrected chi connectivity index (χ4v) is 4.47. The average Bonchev–Trinajstić information content (AvgIpc) is 2.61. The predicted octanol–water partition coefficient (Wildman–Crippen LogP) is 4.86. The summed E-state index contributed by atoms with van der Waals surface area (Å²) in [7, 11) is -3.57. The zero-order chi connectivity index (χ0) is 18.6. The van der Waals surface area contributed by atoms with Crippen LogP contribution in [0.25, 0.3) is 0 Å². The topological polar surface area (TPSA) is 46.2 Å². The van der Waals surface area contributed by atoms with Gasteiger partial charge in [-0.05, 0) is 41.3 Å². The molecule has 1 N–H and O–H groups in total. The summed E-state index contributed by atoms with van der Waals surface area (Å²) in [6.45, 7) is 1.98. The number of nitrogens with one attached hydrogen (secondary N) is 1. The molecule has 3 aromatic carbocycles. The Hall–Kier alpha value is -2.14. The fraction of sp³-hybridized carbons (Fsp3) is 0.143. The monoisotopic (exact) mass is 385 g/mol. The number of sulfonamides is 1. The molecule has 0 aromatic heterocycles. The Kier molecular flexibility index (Phi) is 5.77. The lowest BCUT2D eigenvalue weighted by Gasteiger charge is -2.21. The lowest BCUT2D eigenvalue weighted by molar-refractivity contribution is 0.571. The summed E-state index contributed by atoms with van der Waals surface area (Å²) < 4.78 is 28.5. The smallest absolute Gasteiger partial charge is 0.212 e. The van der Waals surface area contributed by atoms with Crippen molar-refractivity contribution in [1.29, 1.82) is 0 Å². The molecule has 0 saturated carbocycles. The van der Waals surface area contributed by atoms with E-state index >= 15 is 0 Å². The van der Waals surface area contributed by atoms with Gasteiger partial charge in [-0.1, -0.05) is 78.3 Å². The van der Waals surface area contributed by atoms with Gasteiger partial charge in [-0.25, -0.2) is 13.1 Å². The third kappa shape index (κ3) is 4.73. The Balaban J connectivity index is 1.94. The molecule has 3 nitrogen and oxygen atoms in total. The molecule has 3 rings (SSSR count). The Labute approximate surface area is 159 Å². The maximum absolute atomic E-state index is 12.8. The van der Waals surface area contributed by atoms with Gasteiger partial charge in [0.1, 0.15) is 0 Å². The molecule has 3 aromatic rings. The zero-order valence-corrected chi connectivity index (χ0v) is 16.0. The van der Waals surface area contributed by atoms with Gasteiger partial charge in [-0.3, -0.25) is 0 Å². The summed E-state index contributed by atoms with van der Waals surface area (Å²) in [4.78, 5) is 0. The Morgan fingerprint density at radius 1 is 0.923 bits per heavy atom. The largest absolute Gasteiger partial charge is 0.216 e. The molecule has 134 valence electrons. The van der Waals surface area contributed by atoms with Crippen LogP contribution in [0.5, 0.6) is 0 Å². The summed E-state index contributed by atoms with van der Waals surface area (Å²) in [6, 6.07) is 23.9. The summed E-state index contributed by atoms with van der Waals surface area (Å²) in [6.07, 6.45) is 0. The average molecular weight is 386 g/mol. The molecule has 0 saturated heterocycles. The quantitative estimate of drug-likeness (QED) is 0.658. The molecular weight excluding hydrogens is 366 g/mol. The van der Waals surface area contributed by atoms with E-state index in [2.05, 4.69) is 4.72 Å². The molecular formula is C21H20ClNO2S. The fourth-order valence-electron chi connectivity index (χ4n) is 2.93. The molecule has 0 aliphatic rings. The first kappa shape index (κ1) is 18.6. The minimum atomic E-state index is -3.57. The Bertz CT molecular complexity index is 988. The van der Waals surface area contributed by atoms with E-state index in [9.17, 15) is 8.42 Å². The van der Waals surface area contributed by atoms with Crippen molar-refractivity contribution in [1.82, 2.24) is 4.72 Å². The number of hydrogen-bond acceptors (Lipinski definition) is 2. The van der Waals surface area contributed by atoms with Crippen LogP contribution in [0.4, 0.5) is 0 Å². The molecule has 0 fully saturated rings. The van der Waals surface area contributed by atoms with Gasteiger partial charge in [0.15, 0.2) is 0 Å². The third-order valence-electron chi connectivity index (χ3n) is 4.18. The van der Waals surface area contributed by atoms with Crippen LogP contribution in [-0.4, -0.2) is 8.42 Å². The summed E-state index contributed by atoms with van der Waals surface area (Å²) in [5.41, 5.74) is 3.53. The number of hydrogen-bond donors (Lipinski definition) is 1. The standard InChI is InChI=1S/C21H20ClNO2S/c1-16-8-5-6-13-20(16)21(18-10-3-2-4-11-18)23-26(24,25)15-17-9-7-12-19(22)14-17/h2-14,21,23H,15H2,1H3/t21-/m0/s1. The molecule has 1 atom stereocenters. The molecule has 5 heteroatoms. The molecule has 0 heterocycles. The lowest BCUT2D eigenvalue weighted by atomic mass is 9.96. The Morgan fingerprint density at radius 3 is 2.31 bits per heavy atom. The van der Waals surface area contributed by atoms with Crippen molar-refractivity contribution < 1.29 is 8.42 Å². The van der Waals surface area contributed by atoms with Crippen LogP contribution in [0.15, 0.2) is 78.9 Å². The minimum Gasteiger partial charge on any atom is -0.212 e. The van der Waals surface area contributed by atoms with Crippen molar-refractivity contribution in [3.05, 3.63) is 106 Å². The van der Waals surface area contributed by atoms with E-state index < -0.39 is 16.1 Å². The SMILES string of the molecule is Cc1ccccc1[C@@H](NS(=O)(=O)Cc1cccc(Cl)c1)c1ccccc1. The van der Waals surface area contributed by atoms with Gasteiger partial charge in [-0.15, -0.1) is 0 Å². The van der Waals surface area contributed by atoms with Crippen molar-refractivity contribution >= 4 is 21.6 Å². The molecule has 0 unspecified atom stereocenters. The summed E-state index contributed by atoms with van der Waals surface area (Å²) in [5, 5.41) is 0.524. The van der Waals surface area contributed by atoms with Gasteiger partial charge in [0.2, 0.25) is 10.0 Å². The van der Waals surface area contributed by atoms with Crippen molar-refractivity contribution in [2.45, 2.75) is 18.7 Å². The van der Waals surface area contributed by atoms with Crippen LogP contribution in [0.3, 0.4) is 0 Å². The first-order chi connectivity index (χ1) is 12.4. The first-order valence-electron chi connectivity index (χ1n) is 8.29. The second kappa shape index (κ2) is 8.04. The second-order valence-corrected chi connectivity index (χ2v) is 8.40. The van der Waals surface area contributed by atoms with Crippen LogP contribution in [0.2, 0.25) is 5.02 Å². The van der Waals surface area contributed by atoms with E-state index in [4.69, 9.17) is 11.6 Å². The van der Waals surface area contributed by atoms with E-state index in [1.165, 1.54) is 0 Å². The van der Waals surface area contributed by atoms with Crippen LogP contribution in [0.1, 0.15) is 28.3 Å². The maximum Gasteiger partial charge on any atom is 0.216 e. The normalized spacial score (nSPS) is 12.7. The highest BCUT2D eigenvalue weighted by Crippen LogP contribution is 2.26. The molecule has 26 heavy (non-hydrogen) atoms. The van der Waals surface area contributed by atoms with E-state index in [1.807, 2.05) is 61.5 Å². The molecule has 0 radical (unpaired) electrons. The zero-order valence-electron chi connectivity index (χ0n) is 14.4. The van der Waals surface area contributed by atoms with Crippen molar-refractivity contribution in [3.63, 3.8) is 0 Å². The first-order valence-corrected chi connectivity index (χ1v) is 10.3. The number of halogens is 1. The van der Waals surface area contributed by atoms with Crippen LogP contribution in [-0.2, 0) is 15.8 Å². The predicted molar refractivity (Wildman–Crippen MR) is 107 cm³/mol. The van der Waals surface area contributed by atoms with Crippen LogP contribution >= 0.6 is 11.6 Å². The van der Waals surface area contributed by atoms with Crippen molar-refractivity contribution in [2.75, 3.05) is 0 Å². The lowest BCUT2D eigenvalue weighted by Crippen LogP contribution is -2.31. The third-order valence-corrected chi connectivity index (χ3v) is 5.72.